The second kappa shape index (κ2) is 5.07. The van der Waals surface area contributed by atoms with Gasteiger partial charge in [0.05, 0.1) is 12.1 Å². The van der Waals surface area contributed by atoms with Gasteiger partial charge < -0.3 is 14.7 Å². The zero-order valence-electron chi connectivity index (χ0n) is 11.6. The molecule has 3 aliphatic heterocycles. The third-order valence-corrected chi connectivity index (χ3v) is 5.72. The van der Waals surface area contributed by atoms with Crippen LogP contribution in [0.5, 0.6) is 0 Å². The van der Waals surface area contributed by atoms with Gasteiger partial charge in [-0.1, -0.05) is 11.8 Å². The molecule has 1 fully saturated rings. The summed E-state index contributed by atoms with van der Waals surface area (Å²) >= 11 is 4.91. The van der Waals surface area contributed by atoms with Gasteiger partial charge in [-0.3, -0.25) is 4.79 Å². The van der Waals surface area contributed by atoms with Crippen molar-refractivity contribution in [1.82, 2.24) is 4.90 Å². The Morgan fingerprint density at radius 2 is 2.25 bits per heavy atom. The molecule has 2 unspecified atom stereocenters. The van der Waals surface area contributed by atoms with Crippen LogP contribution in [0.3, 0.4) is 0 Å². The van der Waals surface area contributed by atoms with Crippen LogP contribution >= 0.6 is 27.7 Å². The van der Waals surface area contributed by atoms with Gasteiger partial charge in [-0.15, -0.1) is 0 Å². The molecule has 0 radical (unpaired) electrons. The number of aliphatic hydroxyl groups is 1. The molecule has 1 amide bonds. The molecule has 0 bridgehead atoms. The van der Waals surface area contributed by atoms with Crippen molar-refractivity contribution >= 4 is 33.6 Å². The number of nitrogens with zero attached hydrogens (tertiary/aromatic N) is 1. The SMILES string of the molecule is CC1(C)SC2=C(C(N3CCCCC3=O)C=C(Br)O2)C1O. The number of aliphatic hydroxyl groups excluding tert-OH is 1. The lowest BCUT2D eigenvalue weighted by atomic mass is 9.91. The van der Waals surface area contributed by atoms with Gasteiger partial charge in [0.25, 0.3) is 0 Å². The molecule has 0 spiro atoms. The summed E-state index contributed by atoms with van der Waals surface area (Å²) in [6.45, 7) is 4.73. The minimum atomic E-state index is -0.598. The van der Waals surface area contributed by atoms with E-state index in [4.69, 9.17) is 4.74 Å². The number of hydrogen-bond donors (Lipinski definition) is 1. The molecule has 2 atom stereocenters. The molecule has 20 heavy (non-hydrogen) atoms. The fourth-order valence-electron chi connectivity index (χ4n) is 2.92. The number of piperidine rings is 1. The average molecular weight is 360 g/mol. The second-order valence-corrected chi connectivity index (χ2v) is 8.32. The number of halogens is 1. The zero-order valence-corrected chi connectivity index (χ0v) is 14.0. The first-order valence-corrected chi connectivity index (χ1v) is 8.47. The van der Waals surface area contributed by atoms with Crippen molar-refractivity contribution in [1.29, 1.82) is 0 Å². The summed E-state index contributed by atoms with van der Waals surface area (Å²) in [5, 5.41) is 11.3. The molecule has 4 nitrogen and oxygen atoms in total. The fourth-order valence-corrected chi connectivity index (χ4v) is 4.63. The molecule has 3 heterocycles. The number of hydrogen-bond acceptors (Lipinski definition) is 4. The topological polar surface area (TPSA) is 49.8 Å². The number of amides is 1. The van der Waals surface area contributed by atoms with E-state index in [0.29, 0.717) is 11.1 Å². The number of carbonyl (C=O) groups is 1. The highest BCUT2D eigenvalue weighted by molar-refractivity contribution is 9.11. The quantitative estimate of drug-likeness (QED) is 0.781. The normalized spacial score (nSPS) is 32.9. The van der Waals surface area contributed by atoms with E-state index < -0.39 is 6.10 Å². The van der Waals surface area contributed by atoms with Gasteiger partial charge in [-0.05, 0) is 48.7 Å². The first kappa shape index (κ1) is 14.5. The van der Waals surface area contributed by atoms with Gasteiger partial charge in [0.2, 0.25) is 5.91 Å². The largest absolute Gasteiger partial charge is 0.443 e. The predicted octanol–water partition coefficient (Wildman–Crippen LogP) is 2.73. The number of thioether (sulfide) groups is 1. The van der Waals surface area contributed by atoms with E-state index in [0.717, 1.165) is 30.1 Å². The van der Waals surface area contributed by atoms with Gasteiger partial charge in [-0.2, -0.15) is 0 Å². The zero-order chi connectivity index (χ0) is 14.5. The van der Waals surface area contributed by atoms with E-state index in [-0.39, 0.29) is 16.7 Å². The van der Waals surface area contributed by atoms with Gasteiger partial charge >= 0.3 is 0 Å². The molecule has 0 saturated carbocycles. The predicted molar refractivity (Wildman–Crippen MR) is 82.1 cm³/mol. The maximum absolute atomic E-state index is 12.2. The summed E-state index contributed by atoms with van der Waals surface area (Å²) in [7, 11) is 0. The summed E-state index contributed by atoms with van der Waals surface area (Å²) in [6.07, 6.45) is 3.85. The molecule has 0 aromatic carbocycles. The van der Waals surface area contributed by atoms with Crippen LogP contribution in [0.4, 0.5) is 0 Å². The lowest BCUT2D eigenvalue weighted by molar-refractivity contribution is -0.134. The first-order valence-electron chi connectivity index (χ1n) is 6.86. The summed E-state index contributed by atoms with van der Waals surface area (Å²) < 4.78 is 5.99. The summed E-state index contributed by atoms with van der Waals surface area (Å²) in [5.41, 5.74) is 0.832. The molecule has 0 aliphatic carbocycles. The highest BCUT2D eigenvalue weighted by atomic mass is 79.9. The van der Waals surface area contributed by atoms with E-state index in [9.17, 15) is 9.90 Å². The third-order valence-electron chi connectivity index (χ3n) is 4.04. The van der Waals surface area contributed by atoms with Crippen LogP contribution in [0.15, 0.2) is 21.4 Å². The molecular weight excluding hydrogens is 342 g/mol. The molecule has 110 valence electrons. The molecule has 0 aromatic rings. The van der Waals surface area contributed by atoms with Gasteiger partial charge in [0.1, 0.15) is 0 Å². The standard InChI is InChI=1S/C14H18BrNO3S/c1-14(2)12(18)11-8(7-9(15)19-13(11)20-14)16-6-4-3-5-10(16)17/h7-8,12,18H,3-6H2,1-2H3. The number of likely N-dealkylation sites (tertiary alicyclic amines) is 1. The summed E-state index contributed by atoms with van der Waals surface area (Å²) in [4.78, 5) is 14.1. The fraction of sp³-hybridized carbons (Fsp3) is 0.643. The van der Waals surface area contributed by atoms with Crippen LogP contribution in [0, 0.1) is 0 Å². The van der Waals surface area contributed by atoms with Crippen molar-refractivity contribution in [3.63, 3.8) is 0 Å². The van der Waals surface area contributed by atoms with Crippen LogP contribution in [0.2, 0.25) is 0 Å². The highest BCUT2D eigenvalue weighted by Crippen LogP contribution is 2.51. The third kappa shape index (κ3) is 2.31. The first-order chi connectivity index (χ1) is 9.40. The van der Waals surface area contributed by atoms with E-state index in [1.165, 1.54) is 11.8 Å². The van der Waals surface area contributed by atoms with Crippen molar-refractivity contribution in [2.45, 2.75) is 50.0 Å². The van der Waals surface area contributed by atoms with Crippen molar-refractivity contribution in [2.75, 3.05) is 6.54 Å². The Balaban J connectivity index is 1.96. The van der Waals surface area contributed by atoms with Crippen LogP contribution in [0.25, 0.3) is 0 Å². The lowest BCUT2D eigenvalue weighted by Gasteiger charge is -2.37. The Morgan fingerprint density at radius 1 is 1.50 bits per heavy atom. The van der Waals surface area contributed by atoms with Gasteiger partial charge in [0.15, 0.2) is 9.76 Å². The summed E-state index contributed by atoms with van der Waals surface area (Å²) in [6, 6.07) is -0.190. The smallest absolute Gasteiger partial charge is 0.223 e. The molecule has 0 aromatic heterocycles. The number of rotatable bonds is 1. The van der Waals surface area contributed by atoms with Crippen molar-refractivity contribution in [3.8, 4) is 0 Å². The van der Waals surface area contributed by atoms with Crippen molar-refractivity contribution in [2.24, 2.45) is 0 Å². The monoisotopic (exact) mass is 359 g/mol. The summed E-state index contributed by atoms with van der Waals surface area (Å²) in [5.74, 6) is 0.161. The molecule has 1 saturated heterocycles. The number of carbonyl (C=O) groups excluding carboxylic acids is 1. The minimum absolute atomic E-state index is 0.161. The maximum atomic E-state index is 12.2. The average Bonchev–Trinajstić information content (AvgIpc) is 2.59. The van der Waals surface area contributed by atoms with Crippen LogP contribution in [-0.4, -0.2) is 39.4 Å². The Hall–Kier alpha value is -0.460. The van der Waals surface area contributed by atoms with E-state index in [1.807, 2.05) is 24.8 Å². The Bertz CT molecular complexity index is 515. The van der Waals surface area contributed by atoms with Crippen LogP contribution < -0.4 is 0 Å². The van der Waals surface area contributed by atoms with Crippen LogP contribution in [-0.2, 0) is 9.53 Å². The molecule has 3 aliphatic rings. The molecule has 3 rings (SSSR count). The Kier molecular flexibility index (Phi) is 3.67. The maximum Gasteiger partial charge on any atom is 0.223 e. The van der Waals surface area contributed by atoms with Gasteiger partial charge in [0, 0.05) is 23.3 Å². The van der Waals surface area contributed by atoms with Gasteiger partial charge in [-0.25, -0.2) is 0 Å². The van der Waals surface area contributed by atoms with E-state index >= 15 is 0 Å². The van der Waals surface area contributed by atoms with E-state index in [2.05, 4.69) is 15.9 Å². The Morgan fingerprint density at radius 3 is 2.95 bits per heavy atom. The minimum Gasteiger partial charge on any atom is -0.443 e. The molecule has 1 N–H and O–H groups in total. The highest BCUT2D eigenvalue weighted by Gasteiger charge is 2.48. The van der Waals surface area contributed by atoms with Crippen molar-refractivity contribution < 1.29 is 14.6 Å². The number of ether oxygens (including phenoxy) is 1. The van der Waals surface area contributed by atoms with Crippen molar-refractivity contribution in [3.05, 3.63) is 21.4 Å². The lowest BCUT2D eigenvalue weighted by Crippen LogP contribution is -2.47. The Labute approximate surface area is 131 Å². The molecule has 6 heteroatoms. The molecular formula is C14H18BrNO3S. The second-order valence-electron chi connectivity index (χ2n) is 5.91. The van der Waals surface area contributed by atoms with E-state index in [1.54, 1.807) is 0 Å². The van der Waals surface area contributed by atoms with Crippen LogP contribution in [0.1, 0.15) is 33.1 Å².